The van der Waals surface area contributed by atoms with Crippen molar-refractivity contribution in [2.75, 3.05) is 38.7 Å². The fraction of sp³-hybridized carbons (Fsp3) is 0.909. The van der Waals surface area contributed by atoms with Crippen molar-refractivity contribution in [2.24, 2.45) is 5.41 Å². The largest absolute Gasteiger partial charge is 0.468 e. The lowest BCUT2D eigenvalue weighted by Gasteiger charge is -2.43. The first-order valence-electron chi connectivity index (χ1n) is 5.66. The van der Waals surface area contributed by atoms with Crippen LogP contribution in [0.4, 0.5) is 0 Å². The highest BCUT2D eigenvalue weighted by Gasteiger charge is 2.43. The van der Waals surface area contributed by atoms with Gasteiger partial charge < -0.3 is 9.47 Å². The maximum Gasteiger partial charge on any atom is 0.323 e. The van der Waals surface area contributed by atoms with E-state index in [4.69, 9.17) is 9.47 Å². The topological polar surface area (TPSA) is 38.8 Å². The Bertz CT molecular complexity index is 262. The van der Waals surface area contributed by atoms with Crippen LogP contribution in [0.5, 0.6) is 0 Å². The summed E-state index contributed by atoms with van der Waals surface area (Å²) in [6.45, 7) is 3.51. The van der Waals surface area contributed by atoms with E-state index in [0.717, 1.165) is 44.5 Å². The fourth-order valence-corrected chi connectivity index (χ4v) is 2.95. The highest BCUT2D eigenvalue weighted by atomic mass is 79.9. The zero-order chi connectivity index (χ0) is 11.6. The molecule has 2 aliphatic heterocycles. The maximum absolute atomic E-state index is 11.6. The molecule has 0 aromatic heterocycles. The zero-order valence-electron chi connectivity index (χ0n) is 9.58. The number of ether oxygens (including phenoxy) is 2. The second-order valence-corrected chi connectivity index (χ2v) is 5.34. The van der Waals surface area contributed by atoms with E-state index >= 15 is 0 Å². The number of rotatable bonds is 4. The van der Waals surface area contributed by atoms with E-state index in [2.05, 4.69) is 20.8 Å². The van der Waals surface area contributed by atoms with E-state index in [9.17, 15) is 4.79 Å². The minimum absolute atomic E-state index is 0.0403. The Labute approximate surface area is 104 Å². The minimum Gasteiger partial charge on any atom is -0.468 e. The second-order valence-electron chi connectivity index (χ2n) is 4.78. The number of halogens is 1. The van der Waals surface area contributed by atoms with E-state index in [1.54, 1.807) is 0 Å². The average Bonchev–Trinajstić information content (AvgIpc) is 2.70. The van der Waals surface area contributed by atoms with E-state index in [1.807, 2.05) is 0 Å². The number of likely N-dealkylation sites (tertiary alicyclic amines) is 1. The Balaban J connectivity index is 1.95. The summed E-state index contributed by atoms with van der Waals surface area (Å²) in [6.07, 6.45) is 2.00. The minimum atomic E-state index is -0.0949. The molecule has 2 fully saturated rings. The lowest BCUT2D eigenvalue weighted by atomic mass is 9.87. The molecule has 0 spiro atoms. The molecular weight excluding hydrogens is 274 g/mol. The second kappa shape index (κ2) is 5.02. The van der Waals surface area contributed by atoms with Crippen LogP contribution in [0.3, 0.4) is 0 Å². The van der Waals surface area contributed by atoms with Gasteiger partial charge in [-0.2, -0.15) is 0 Å². The molecular formula is C11H18BrNO3. The zero-order valence-corrected chi connectivity index (χ0v) is 11.2. The van der Waals surface area contributed by atoms with Crippen LogP contribution in [0, 0.1) is 5.41 Å². The molecule has 0 aromatic rings. The summed E-state index contributed by atoms with van der Waals surface area (Å²) in [7, 11) is 1.46. The summed E-state index contributed by atoms with van der Waals surface area (Å²) in [5, 5.41) is 0.935. The molecule has 0 N–H and O–H groups in total. The predicted molar refractivity (Wildman–Crippen MR) is 63.7 cm³/mol. The van der Waals surface area contributed by atoms with Gasteiger partial charge in [0.2, 0.25) is 0 Å². The van der Waals surface area contributed by atoms with Crippen molar-refractivity contribution in [3.63, 3.8) is 0 Å². The molecule has 2 saturated heterocycles. The fourth-order valence-electron chi connectivity index (χ4n) is 2.45. The van der Waals surface area contributed by atoms with Crippen molar-refractivity contribution < 1.29 is 14.3 Å². The Morgan fingerprint density at radius 1 is 1.62 bits per heavy atom. The summed E-state index contributed by atoms with van der Waals surface area (Å²) in [4.78, 5) is 13.8. The molecule has 4 nitrogen and oxygen atoms in total. The first-order valence-corrected chi connectivity index (χ1v) is 6.78. The average molecular weight is 292 g/mol. The van der Waals surface area contributed by atoms with Crippen molar-refractivity contribution in [3.05, 3.63) is 0 Å². The van der Waals surface area contributed by atoms with Crippen molar-refractivity contribution in [1.29, 1.82) is 0 Å². The molecule has 0 radical (unpaired) electrons. The molecule has 0 bridgehead atoms. The monoisotopic (exact) mass is 291 g/mol. The third-order valence-corrected chi connectivity index (χ3v) is 4.66. The lowest BCUT2D eigenvalue weighted by molar-refractivity contribution is -0.149. The number of hydrogen-bond donors (Lipinski definition) is 0. The molecule has 16 heavy (non-hydrogen) atoms. The predicted octanol–water partition coefficient (Wildman–Crippen LogP) is 1.04. The highest BCUT2D eigenvalue weighted by Crippen LogP contribution is 2.33. The Hall–Kier alpha value is -0.130. The van der Waals surface area contributed by atoms with E-state index in [0.29, 0.717) is 0 Å². The summed E-state index contributed by atoms with van der Waals surface area (Å²) in [5.74, 6) is -0.0949. The standard InChI is InChI=1S/C11H18BrNO3/c1-15-10(14)9-3-2-4-13(9)6-11(5-12)7-16-8-11/h9H,2-8H2,1H3/t9-/m0/s1. The molecule has 92 valence electrons. The highest BCUT2D eigenvalue weighted by molar-refractivity contribution is 9.09. The number of hydrogen-bond acceptors (Lipinski definition) is 4. The quantitative estimate of drug-likeness (QED) is 0.573. The maximum atomic E-state index is 11.6. The van der Waals surface area contributed by atoms with Crippen molar-refractivity contribution in [3.8, 4) is 0 Å². The number of esters is 1. The summed E-state index contributed by atoms with van der Waals surface area (Å²) < 4.78 is 10.1. The normalized spacial score (nSPS) is 28.8. The van der Waals surface area contributed by atoms with Crippen LogP contribution in [0.15, 0.2) is 0 Å². The Kier molecular flexibility index (Phi) is 3.87. The Morgan fingerprint density at radius 2 is 2.38 bits per heavy atom. The number of carbonyl (C=O) groups is 1. The third-order valence-electron chi connectivity index (χ3n) is 3.48. The van der Waals surface area contributed by atoms with Crippen molar-refractivity contribution in [1.82, 2.24) is 4.90 Å². The van der Waals surface area contributed by atoms with Gasteiger partial charge in [-0.15, -0.1) is 0 Å². The van der Waals surface area contributed by atoms with Crippen LogP contribution >= 0.6 is 15.9 Å². The first-order chi connectivity index (χ1) is 7.71. The molecule has 2 rings (SSSR count). The molecule has 0 aromatic carbocycles. The molecule has 0 unspecified atom stereocenters. The number of methoxy groups -OCH3 is 1. The number of carbonyl (C=O) groups excluding carboxylic acids is 1. The molecule has 1 atom stereocenters. The molecule has 2 aliphatic rings. The van der Waals surface area contributed by atoms with Gasteiger partial charge in [0.25, 0.3) is 0 Å². The van der Waals surface area contributed by atoms with Crippen LogP contribution in [0.2, 0.25) is 0 Å². The van der Waals surface area contributed by atoms with E-state index in [-0.39, 0.29) is 17.4 Å². The van der Waals surface area contributed by atoms with Crippen molar-refractivity contribution >= 4 is 21.9 Å². The SMILES string of the molecule is COC(=O)[C@@H]1CCCN1CC1(CBr)COC1. The van der Waals surface area contributed by atoms with Gasteiger partial charge in [-0.1, -0.05) is 15.9 Å². The van der Waals surface area contributed by atoms with E-state index < -0.39 is 0 Å². The first kappa shape index (κ1) is 12.3. The van der Waals surface area contributed by atoms with Gasteiger partial charge in [0.1, 0.15) is 6.04 Å². The smallest absolute Gasteiger partial charge is 0.323 e. The molecule has 5 heteroatoms. The van der Waals surface area contributed by atoms with Gasteiger partial charge >= 0.3 is 5.97 Å². The number of nitrogens with zero attached hydrogens (tertiary/aromatic N) is 1. The van der Waals surface area contributed by atoms with Crippen LogP contribution < -0.4 is 0 Å². The van der Waals surface area contributed by atoms with Crippen LogP contribution in [-0.2, 0) is 14.3 Å². The summed E-state index contributed by atoms with van der Waals surface area (Å²) >= 11 is 3.54. The van der Waals surface area contributed by atoms with Gasteiger partial charge in [0, 0.05) is 17.3 Å². The lowest BCUT2D eigenvalue weighted by Crippen LogP contribution is -2.54. The van der Waals surface area contributed by atoms with Crippen LogP contribution in [-0.4, -0.2) is 55.7 Å². The summed E-state index contributed by atoms with van der Waals surface area (Å²) in [5.41, 5.74) is 0.205. The van der Waals surface area contributed by atoms with Gasteiger partial charge in [-0.05, 0) is 19.4 Å². The van der Waals surface area contributed by atoms with Gasteiger partial charge in [0.15, 0.2) is 0 Å². The molecule has 0 amide bonds. The van der Waals surface area contributed by atoms with Crippen LogP contribution in [0.25, 0.3) is 0 Å². The van der Waals surface area contributed by atoms with E-state index in [1.165, 1.54) is 7.11 Å². The van der Waals surface area contributed by atoms with Crippen molar-refractivity contribution in [2.45, 2.75) is 18.9 Å². The third kappa shape index (κ3) is 2.26. The van der Waals surface area contributed by atoms with Crippen LogP contribution in [0.1, 0.15) is 12.8 Å². The molecule has 0 aliphatic carbocycles. The summed E-state index contributed by atoms with van der Waals surface area (Å²) in [6, 6.07) is -0.0403. The molecule has 2 heterocycles. The molecule has 0 saturated carbocycles. The van der Waals surface area contributed by atoms with Gasteiger partial charge in [0.05, 0.1) is 20.3 Å². The Morgan fingerprint density at radius 3 is 2.88 bits per heavy atom. The van der Waals surface area contributed by atoms with Gasteiger partial charge in [-0.25, -0.2) is 0 Å². The van der Waals surface area contributed by atoms with Gasteiger partial charge in [-0.3, -0.25) is 9.69 Å². The number of alkyl halides is 1.